The topological polar surface area (TPSA) is 75.9 Å². The first-order valence-electron chi connectivity index (χ1n) is 12.8. The molecule has 4 aromatic rings. The van der Waals surface area contributed by atoms with Crippen LogP contribution in [0.4, 0.5) is 38.0 Å². The molecule has 4 heterocycles. The molecule has 1 aliphatic rings. The summed E-state index contributed by atoms with van der Waals surface area (Å²) in [6, 6.07) is 8.08. The van der Waals surface area contributed by atoms with Gasteiger partial charge in [0.25, 0.3) is 5.95 Å². The molecular weight excluding hydrogens is 550 g/mol. The molecule has 0 aliphatic carbocycles. The molecule has 0 saturated heterocycles. The van der Waals surface area contributed by atoms with E-state index in [1.807, 2.05) is 17.0 Å². The first kappa shape index (κ1) is 28.3. The van der Waals surface area contributed by atoms with Crippen molar-refractivity contribution in [3.63, 3.8) is 0 Å². The Labute approximate surface area is 231 Å². The van der Waals surface area contributed by atoms with Crippen LogP contribution in [0.25, 0.3) is 0 Å². The molecule has 1 atom stereocenters. The Bertz CT molecular complexity index is 1480. The van der Waals surface area contributed by atoms with Gasteiger partial charge in [-0.25, -0.2) is 0 Å². The van der Waals surface area contributed by atoms with E-state index in [0.717, 1.165) is 17.8 Å². The second kappa shape index (κ2) is 11.0. The van der Waals surface area contributed by atoms with Crippen LogP contribution in [0.2, 0.25) is 0 Å². The highest BCUT2D eigenvalue weighted by molar-refractivity contribution is 5.62. The van der Waals surface area contributed by atoms with E-state index < -0.39 is 29.7 Å². The summed E-state index contributed by atoms with van der Waals surface area (Å²) in [5.74, 6) is 0.198. The van der Waals surface area contributed by atoms with Crippen molar-refractivity contribution in [2.24, 2.45) is 7.05 Å². The maximum Gasteiger partial charge on any atom is 0.433 e. The van der Waals surface area contributed by atoms with Crippen molar-refractivity contribution >= 4 is 11.6 Å². The van der Waals surface area contributed by atoms with Crippen molar-refractivity contribution in [1.29, 1.82) is 0 Å². The molecule has 3 aromatic heterocycles. The number of nitrogens with zero attached hydrogens (tertiary/aromatic N) is 8. The molecule has 0 amide bonds. The Hall–Kier alpha value is -4.23. The van der Waals surface area contributed by atoms with Crippen LogP contribution < -0.4 is 9.80 Å². The summed E-state index contributed by atoms with van der Waals surface area (Å²) in [6.45, 7) is 2.33. The Morgan fingerprint density at radius 2 is 1.73 bits per heavy atom. The highest BCUT2D eigenvalue weighted by Crippen LogP contribution is 2.43. The van der Waals surface area contributed by atoms with Gasteiger partial charge in [-0.3, -0.25) is 9.97 Å². The van der Waals surface area contributed by atoms with Crippen LogP contribution in [0, 0.1) is 6.92 Å². The fourth-order valence-electron chi connectivity index (χ4n) is 5.10. The SMILES string of the molecule is Cc1cc2c(cc1C(F)(F)F)N(Cc1ccncc1)CCCC2N(Cc1ccc(C(F)(F)F)nc1)c1nnn(C)n1. The van der Waals surface area contributed by atoms with E-state index in [1.54, 1.807) is 30.4 Å². The van der Waals surface area contributed by atoms with Gasteiger partial charge in [-0.15, -0.1) is 5.10 Å². The number of anilines is 2. The van der Waals surface area contributed by atoms with Gasteiger partial charge in [0.05, 0.1) is 18.7 Å². The van der Waals surface area contributed by atoms with E-state index >= 15 is 0 Å². The number of aryl methyl sites for hydroxylation is 2. The van der Waals surface area contributed by atoms with Crippen LogP contribution in [0.1, 0.15) is 52.4 Å². The number of hydrogen-bond donors (Lipinski definition) is 0. The summed E-state index contributed by atoms with van der Waals surface area (Å²) in [4.78, 5) is 12.5. The Morgan fingerprint density at radius 1 is 0.976 bits per heavy atom. The number of alkyl halides is 6. The van der Waals surface area contributed by atoms with Gasteiger partial charge in [0, 0.05) is 43.9 Å². The molecular formula is C27H26F6N8. The molecule has 0 radical (unpaired) electrons. The van der Waals surface area contributed by atoms with Gasteiger partial charge in [-0.05, 0) is 71.5 Å². The Balaban J connectivity index is 1.60. The summed E-state index contributed by atoms with van der Waals surface area (Å²) < 4.78 is 81.5. The zero-order valence-electron chi connectivity index (χ0n) is 22.2. The number of rotatable bonds is 6. The smallest absolute Gasteiger partial charge is 0.367 e. The van der Waals surface area contributed by atoms with E-state index in [9.17, 15) is 26.3 Å². The van der Waals surface area contributed by atoms with Crippen LogP contribution >= 0.6 is 0 Å². The van der Waals surface area contributed by atoms with Crippen LogP contribution in [-0.4, -0.2) is 36.7 Å². The Morgan fingerprint density at radius 3 is 2.34 bits per heavy atom. The molecule has 1 unspecified atom stereocenters. The lowest BCUT2D eigenvalue weighted by atomic mass is 9.94. The maximum atomic E-state index is 14.0. The lowest BCUT2D eigenvalue weighted by molar-refractivity contribution is -0.141. The number of hydrogen-bond acceptors (Lipinski definition) is 7. The van der Waals surface area contributed by atoms with E-state index in [1.165, 1.54) is 23.9 Å². The maximum absolute atomic E-state index is 14.0. The Kier molecular flexibility index (Phi) is 7.58. The van der Waals surface area contributed by atoms with Gasteiger partial charge in [0.1, 0.15) is 5.69 Å². The summed E-state index contributed by atoms with van der Waals surface area (Å²) in [6.07, 6.45) is -3.60. The molecule has 14 heteroatoms. The van der Waals surface area contributed by atoms with Crippen LogP contribution in [0.5, 0.6) is 0 Å². The predicted molar refractivity (Wildman–Crippen MR) is 138 cm³/mol. The third-order valence-corrected chi connectivity index (χ3v) is 7.01. The molecule has 41 heavy (non-hydrogen) atoms. The van der Waals surface area contributed by atoms with Crippen molar-refractivity contribution in [2.75, 3.05) is 16.3 Å². The van der Waals surface area contributed by atoms with Gasteiger partial charge in [0.15, 0.2) is 0 Å². The fourth-order valence-corrected chi connectivity index (χ4v) is 5.10. The van der Waals surface area contributed by atoms with Gasteiger partial charge in [-0.1, -0.05) is 17.2 Å². The highest BCUT2D eigenvalue weighted by atomic mass is 19.4. The van der Waals surface area contributed by atoms with E-state index in [-0.39, 0.29) is 18.1 Å². The molecule has 8 nitrogen and oxygen atoms in total. The minimum Gasteiger partial charge on any atom is -0.367 e. The quantitative estimate of drug-likeness (QED) is 0.265. The fraction of sp³-hybridized carbons (Fsp3) is 0.370. The summed E-state index contributed by atoms with van der Waals surface area (Å²) in [5, 5.41) is 12.4. The summed E-state index contributed by atoms with van der Waals surface area (Å²) >= 11 is 0. The molecule has 216 valence electrons. The number of benzene rings is 1. The van der Waals surface area contributed by atoms with Gasteiger partial charge in [0.2, 0.25) is 0 Å². The normalized spacial score (nSPS) is 15.9. The molecule has 0 spiro atoms. The molecule has 1 aliphatic heterocycles. The van der Waals surface area contributed by atoms with E-state index in [0.29, 0.717) is 42.7 Å². The standard InChI is InChI=1S/C27H26F6N8/c1-17-12-20-22(41(25-36-38-39(2)37-25)16-19-5-6-24(35-14-19)27(31,32)33)4-3-11-40(15-18-7-9-34-10-8-18)23(20)13-21(17)26(28,29)30/h5-10,12-14,22H,3-4,11,15-16H2,1-2H3. The molecule has 0 fully saturated rings. The zero-order valence-corrected chi connectivity index (χ0v) is 22.2. The van der Waals surface area contributed by atoms with E-state index in [4.69, 9.17) is 0 Å². The largest absolute Gasteiger partial charge is 0.433 e. The number of fused-ring (bicyclic) bond motifs is 1. The predicted octanol–water partition coefficient (Wildman–Crippen LogP) is 5.89. The second-order valence-corrected chi connectivity index (χ2v) is 9.91. The highest BCUT2D eigenvalue weighted by Gasteiger charge is 2.37. The van der Waals surface area contributed by atoms with Gasteiger partial charge in [-0.2, -0.15) is 31.1 Å². The van der Waals surface area contributed by atoms with Crippen LogP contribution in [0.15, 0.2) is 55.0 Å². The van der Waals surface area contributed by atoms with E-state index in [2.05, 4.69) is 25.4 Å². The zero-order chi connectivity index (χ0) is 29.4. The minimum atomic E-state index is -4.59. The van der Waals surface area contributed by atoms with Gasteiger partial charge >= 0.3 is 12.4 Å². The third kappa shape index (κ3) is 6.25. The third-order valence-electron chi connectivity index (χ3n) is 7.01. The molecule has 1 aromatic carbocycles. The van der Waals surface area contributed by atoms with Crippen molar-refractivity contribution in [1.82, 2.24) is 30.2 Å². The van der Waals surface area contributed by atoms with Crippen LogP contribution in [0.3, 0.4) is 0 Å². The van der Waals surface area contributed by atoms with Crippen LogP contribution in [-0.2, 0) is 32.5 Å². The summed E-state index contributed by atoms with van der Waals surface area (Å²) in [7, 11) is 1.58. The first-order chi connectivity index (χ1) is 19.4. The van der Waals surface area contributed by atoms with Crippen molar-refractivity contribution in [3.8, 4) is 0 Å². The average Bonchev–Trinajstić information content (AvgIpc) is 3.27. The number of tetrazole rings is 1. The molecule has 5 rings (SSSR count). The van der Waals surface area contributed by atoms with Crippen molar-refractivity contribution in [2.45, 2.75) is 51.2 Å². The van der Waals surface area contributed by atoms with Crippen molar-refractivity contribution < 1.29 is 26.3 Å². The minimum absolute atomic E-state index is 0.0609. The number of aromatic nitrogens is 6. The average molecular weight is 577 g/mol. The van der Waals surface area contributed by atoms with Gasteiger partial charge < -0.3 is 9.80 Å². The van der Waals surface area contributed by atoms with Crippen molar-refractivity contribution in [3.05, 3.63) is 88.5 Å². The second-order valence-electron chi connectivity index (χ2n) is 9.91. The molecule has 0 N–H and O–H groups in total. The monoisotopic (exact) mass is 576 g/mol. The first-order valence-corrected chi connectivity index (χ1v) is 12.8. The number of pyridine rings is 2. The number of halogens is 6. The molecule has 0 saturated carbocycles. The lowest BCUT2D eigenvalue weighted by Gasteiger charge is -2.33. The molecule has 0 bridgehead atoms. The summed E-state index contributed by atoms with van der Waals surface area (Å²) in [5.41, 5.74) is 0.710. The lowest BCUT2D eigenvalue weighted by Crippen LogP contribution is -2.30.